The smallest absolute Gasteiger partial charge is 0.264 e. The van der Waals surface area contributed by atoms with E-state index in [1.165, 1.54) is 6.08 Å². The van der Waals surface area contributed by atoms with Gasteiger partial charge in [0.15, 0.2) is 0 Å². The van der Waals surface area contributed by atoms with E-state index in [4.69, 9.17) is 20.8 Å². The summed E-state index contributed by atoms with van der Waals surface area (Å²) in [6.07, 6.45) is 1.47. The first-order chi connectivity index (χ1) is 11.7. The van der Waals surface area contributed by atoms with Crippen LogP contribution in [0, 0.1) is 11.3 Å². The van der Waals surface area contributed by atoms with Gasteiger partial charge in [-0.15, -0.1) is 0 Å². The van der Waals surface area contributed by atoms with Crippen LogP contribution in [0.25, 0.3) is 17.4 Å². The Morgan fingerprint density at radius 3 is 2.54 bits per heavy atom. The molecule has 24 heavy (non-hydrogen) atoms. The average molecular weight is 343 g/mol. The van der Waals surface area contributed by atoms with Crippen LogP contribution in [0.15, 0.2) is 46.4 Å². The molecule has 6 heteroatoms. The van der Waals surface area contributed by atoms with Crippen LogP contribution in [0.5, 0.6) is 0 Å². The van der Waals surface area contributed by atoms with E-state index >= 15 is 0 Å². The predicted octanol–water partition coefficient (Wildman–Crippen LogP) is 3.37. The Morgan fingerprint density at radius 1 is 1.17 bits per heavy atom. The Hall–Kier alpha value is -2.55. The third kappa shape index (κ3) is 3.67. The van der Waals surface area contributed by atoms with Crippen molar-refractivity contribution in [2.75, 3.05) is 26.3 Å². The van der Waals surface area contributed by atoms with Gasteiger partial charge in [0, 0.05) is 29.8 Å². The maximum atomic E-state index is 12.4. The lowest BCUT2D eigenvalue weighted by Gasteiger charge is -2.26. The fourth-order valence-electron chi connectivity index (χ4n) is 2.42. The Labute approximate surface area is 144 Å². The van der Waals surface area contributed by atoms with Crippen molar-refractivity contribution in [1.82, 2.24) is 4.90 Å². The van der Waals surface area contributed by atoms with Crippen molar-refractivity contribution in [3.8, 4) is 17.4 Å². The van der Waals surface area contributed by atoms with E-state index in [0.717, 1.165) is 5.56 Å². The van der Waals surface area contributed by atoms with E-state index in [9.17, 15) is 10.1 Å². The number of morpholine rings is 1. The third-order valence-corrected chi connectivity index (χ3v) is 3.94. The number of ether oxygens (including phenoxy) is 1. The van der Waals surface area contributed by atoms with E-state index < -0.39 is 0 Å². The predicted molar refractivity (Wildman–Crippen MR) is 90.1 cm³/mol. The topological polar surface area (TPSA) is 66.5 Å². The number of hydrogen-bond acceptors (Lipinski definition) is 4. The van der Waals surface area contributed by atoms with Gasteiger partial charge in [0.05, 0.1) is 13.2 Å². The SMILES string of the molecule is N#CC(=Cc1ccc(-c2ccc(Cl)cc2)o1)C(=O)N1CCOCC1. The van der Waals surface area contributed by atoms with Crippen molar-refractivity contribution in [2.45, 2.75) is 0 Å². The highest BCUT2D eigenvalue weighted by atomic mass is 35.5. The zero-order chi connectivity index (χ0) is 16.9. The van der Waals surface area contributed by atoms with Crippen LogP contribution < -0.4 is 0 Å². The molecule has 0 radical (unpaired) electrons. The van der Waals surface area contributed by atoms with Gasteiger partial charge in [-0.25, -0.2) is 0 Å². The molecule has 1 aromatic heterocycles. The van der Waals surface area contributed by atoms with Gasteiger partial charge in [-0.05, 0) is 36.4 Å². The van der Waals surface area contributed by atoms with Crippen LogP contribution in [0.4, 0.5) is 0 Å². The minimum atomic E-state index is -0.301. The number of benzene rings is 1. The summed E-state index contributed by atoms with van der Waals surface area (Å²) in [6, 6.07) is 12.7. The summed E-state index contributed by atoms with van der Waals surface area (Å²) < 4.78 is 10.9. The van der Waals surface area contributed by atoms with E-state index in [0.29, 0.717) is 42.8 Å². The first-order valence-corrected chi connectivity index (χ1v) is 7.90. The maximum Gasteiger partial charge on any atom is 0.264 e. The Balaban J connectivity index is 1.80. The second-order valence-electron chi connectivity index (χ2n) is 5.28. The lowest BCUT2D eigenvalue weighted by atomic mass is 10.2. The fourth-order valence-corrected chi connectivity index (χ4v) is 2.55. The summed E-state index contributed by atoms with van der Waals surface area (Å²) >= 11 is 5.87. The Kier molecular flexibility index (Phi) is 4.99. The normalized spacial score (nSPS) is 15.2. The number of halogens is 1. The summed E-state index contributed by atoms with van der Waals surface area (Å²) in [5.74, 6) is 0.803. The molecule has 5 nitrogen and oxygen atoms in total. The molecule has 3 rings (SSSR count). The quantitative estimate of drug-likeness (QED) is 0.633. The van der Waals surface area contributed by atoms with Crippen LogP contribution in [0.3, 0.4) is 0 Å². The number of nitriles is 1. The summed E-state index contributed by atoms with van der Waals surface area (Å²) in [5, 5.41) is 9.94. The second-order valence-corrected chi connectivity index (χ2v) is 5.72. The molecular formula is C18H15ClN2O3. The Morgan fingerprint density at radius 2 is 1.88 bits per heavy atom. The number of furan rings is 1. The van der Waals surface area contributed by atoms with E-state index in [-0.39, 0.29) is 11.5 Å². The van der Waals surface area contributed by atoms with Gasteiger partial charge in [0.25, 0.3) is 5.91 Å². The average Bonchev–Trinajstić information content (AvgIpc) is 3.09. The van der Waals surface area contributed by atoms with Gasteiger partial charge in [-0.2, -0.15) is 5.26 Å². The second kappa shape index (κ2) is 7.35. The minimum absolute atomic E-state index is 0.0499. The van der Waals surface area contributed by atoms with Crippen molar-refractivity contribution >= 4 is 23.6 Å². The van der Waals surface area contributed by atoms with E-state index in [1.54, 1.807) is 29.2 Å². The standard InChI is InChI=1S/C18H15ClN2O3/c19-15-3-1-13(2-4-15)17-6-5-16(24-17)11-14(12-20)18(22)21-7-9-23-10-8-21/h1-6,11H,7-10H2. The van der Waals surface area contributed by atoms with Crippen LogP contribution in [-0.2, 0) is 9.53 Å². The van der Waals surface area contributed by atoms with Gasteiger partial charge in [0.2, 0.25) is 0 Å². The molecule has 1 fully saturated rings. The highest BCUT2D eigenvalue weighted by Crippen LogP contribution is 2.25. The number of hydrogen-bond donors (Lipinski definition) is 0. The van der Waals surface area contributed by atoms with Gasteiger partial charge in [-0.3, -0.25) is 4.79 Å². The van der Waals surface area contributed by atoms with Crippen LogP contribution in [0.2, 0.25) is 5.02 Å². The third-order valence-electron chi connectivity index (χ3n) is 3.69. The highest BCUT2D eigenvalue weighted by Gasteiger charge is 2.21. The highest BCUT2D eigenvalue weighted by molar-refractivity contribution is 6.30. The molecule has 122 valence electrons. The van der Waals surface area contributed by atoms with E-state index in [2.05, 4.69) is 0 Å². The zero-order valence-electron chi connectivity index (χ0n) is 12.9. The molecule has 0 aliphatic carbocycles. The number of carbonyl (C=O) groups excluding carboxylic acids is 1. The molecule has 2 aromatic rings. The zero-order valence-corrected chi connectivity index (χ0v) is 13.6. The number of rotatable bonds is 3. The fraction of sp³-hybridized carbons (Fsp3) is 0.222. The number of nitrogens with zero attached hydrogens (tertiary/aromatic N) is 2. The Bertz CT molecular complexity index is 796. The largest absolute Gasteiger partial charge is 0.457 e. The van der Waals surface area contributed by atoms with Crippen LogP contribution >= 0.6 is 11.6 Å². The molecule has 0 saturated carbocycles. The van der Waals surface area contributed by atoms with Crippen LogP contribution in [0.1, 0.15) is 5.76 Å². The molecule has 1 saturated heterocycles. The molecule has 1 aliphatic heterocycles. The van der Waals surface area contributed by atoms with Crippen LogP contribution in [-0.4, -0.2) is 37.1 Å². The first-order valence-electron chi connectivity index (χ1n) is 7.52. The first kappa shape index (κ1) is 16.3. The van der Waals surface area contributed by atoms with Crippen molar-refractivity contribution < 1.29 is 13.9 Å². The van der Waals surface area contributed by atoms with Gasteiger partial charge in [0.1, 0.15) is 23.2 Å². The molecule has 0 bridgehead atoms. The lowest BCUT2D eigenvalue weighted by Crippen LogP contribution is -2.41. The van der Waals surface area contributed by atoms with Crippen molar-refractivity contribution in [3.05, 3.63) is 52.8 Å². The summed E-state index contributed by atoms with van der Waals surface area (Å²) in [6.45, 7) is 1.97. The molecular weight excluding hydrogens is 328 g/mol. The minimum Gasteiger partial charge on any atom is -0.457 e. The van der Waals surface area contributed by atoms with Gasteiger partial charge >= 0.3 is 0 Å². The molecule has 1 amide bonds. The van der Waals surface area contributed by atoms with Crippen molar-refractivity contribution in [1.29, 1.82) is 5.26 Å². The summed E-state index contributed by atoms with van der Waals surface area (Å²) in [5.41, 5.74) is 0.922. The summed E-state index contributed by atoms with van der Waals surface area (Å²) in [7, 11) is 0. The molecule has 1 aromatic carbocycles. The monoisotopic (exact) mass is 342 g/mol. The molecule has 0 spiro atoms. The molecule has 0 atom stereocenters. The lowest BCUT2D eigenvalue weighted by molar-refractivity contribution is -0.130. The molecule has 0 N–H and O–H groups in total. The molecule has 0 unspecified atom stereocenters. The number of carbonyl (C=O) groups is 1. The van der Waals surface area contributed by atoms with Gasteiger partial charge < -0.3 is 14.1 Å². The van der Waals surface area contributed by atoms with E-state index in [1.807, 2.05) is 18.2 Å². The number of amides is 1. The van der Waals surface area contributed by atoms with Gasteiger partial charge in [-0.1, -0.05) is 11.6 Å². The summed E-state index contributed by atoms with van der Waals surface area (Å²) in [4.78, 5) is 14.0. The maximum absolute atomic E-state index is 12.4. The van der Waals surface area contributed by atoms with Crippen molar-refractivity contribution in [3.63, 3.8) is 0 Å². The van der Waals surface area contributed by atoms with Crippen molar-refractivity contribution in [2.24, 2.45) is 0 Å². The molecule has 1 aliphatic rings. The molecule has 2 heterocycles.